The van der Waals surface area contributed by atoms with Crippen molar-refractivity contribution in [3.63, 3.8) is 0 Å². The van der Waals surface area contributed by atoms with Crippen molar-refractivity contribution in [2.24, 2.45) is 0 Å². The molecule has 18 heavy (non-hydrogen) atoms. The highest BCUT2D eigenvalue weighted by Crippen LogP contribution is 2.26. The van der Waals surface area contributed by atoms with Gasteiger partial charge in [0.1, 0.15) is 5.75 Å². The van der Waals surface area contributed by atoms with E-state index in [2.05, 4.69) is 10.6 Å². The molecule has 1 aromatic carbocycles. The fraction of sp³-hybridized carbons (Fsp3) is 0.462. The van der Waals surface area contributed by atoms with E-state index in [0.29, 0.717) is 16.5 Å². The predicted molar refractivity (Wildman–Crippen MR) is 72.4 cm³/mol. The second-order valence-corrected chi connectivity index (χ2v) is 4.83. The van der Waals surface area contributed by atoms with Crippen LogP contribution in [0.25, 0.3) is 0 Å². The molecule has 1 aliphatic carbocycles. The van der Waals surface area contributed by atoms with Crippen LogP contribution in [-0.4, -0.2) is 19.2 Å². The molecule has 1 aromatic rings. The highest BCUT2D eigenvalue weighted by molar-refractivity contribution is 6.33. The second kappa shape index (κ2) is 5.96. The predicted octanol–water partition coefficient (Wildman–Crippen LogP) is 3.41. The zero-order valence-corrected chi connectivity index (χ0v) is 11.1. The first-order chi connectivity index (χ1) is 8.69. The third-order valence-electron chi connectivity index (χ3n) is 3.11. The number of hydrogen-bond acceptors (Lipinski definition) is 2. The summed E-state index contributed by atoms with van der Waals surface area (Å²) >= 11 is 6.02. The average molecular weight is 269 g/mol. The van der Waals surface area contributed by atoms with Crippen LogP contribution in [0.2, 0.25) is 5.02 Å². The van der Waals surface area contributed by atoms with Crippen LogP contribution in [0.15, 0.2) is 18.2 Å². The summed E-state index contributed by atoms with van der Waals surface area (Å²) in [6.07, 6.45) is 4.48. The van der Waals surface area contributed by atoms with Gasteiger partial charge in [-0.3, -0.25) is 0 Å². The molecule has 0 radical (unpaired) electrons. The third kappa shape index (κ3) is 3.29. The smallest absolute Gasteiger partial charge is 0.319 e. The molecule has 2 rings (SSSR count). The summed E-state index contributed by atoms with van der Waals surface area (Å²) in [5, 5.41) is 6.19. The van der Waals surface area contributed by atoms with Gasteiger partial charge in [0.15, 0.2) is 0 Å². The summed E-state index contributed by atoms with van der Waals surface area (Å²) in [5.41, 5.74) is 0.562. The van der Waals surface area contributed by atoms with Crippen molar-refractivity contribution in [2.75, 3.05) is 12.4 Å². The fourth-order valence-corrected chi connectivity index (χ4v) is 2.31. The molecule has 0 bridgehead atoms. The van der Waals surface area contributed by atoms with Crippen molar-refractivity contribution in [1.82, 2.24) is 5.32 Å². The number of benzene rings is 1. The Bertz CT molecular complexity index is 431. The molecule has 0 atom stereocenters. The number of ether oxygens (including phenoxy) is 1. The average Bonchev–Trinajstić information content (AvgIpc) is 2.84. The molecule has 2 N–H and O–H groups in total. The van der Waals surface area contributed by atoms with Gasteiger partial charge < -0.3 is 15.4 Å². The summed E-state index contributed by atoms with van der Waals surface area (Å²) in [6, 6.07) is 5.23. The molecule has 1 fully saturated rings. The first kappa shape index (κ1) is 13.0. The summed E-state index contributed by atoms with van der Waals surface area (Å²) in [4.78, 5) is 11.8. The van der Waals surface area contributed by atoms with Crippen LogP contribution in [0, 0.1) is 0 Å². The lowest BCUT2D eigenvalue weighted by molar-refractivity contribution is 0.248. The van der Waals surface area contributed by atoms with Gasteiger partial charge in [-0.1, -0.05) is 24.4 Å². The van der Waals surface area contributed by atoms with Crippen LogP contribution >= 0.6 is 11.6 Å². The number of amides is 2. The summed E-state index contributed by atoms with van der Waals surface area (Å²) in [7, 11) is 1.58. The molecular formula is C13H17ClN2O2. The monoisotopic (exact) mass is 268 g/mol. The van der Waals surface area contributed by atoms with Crippen molar-refractivity contribution in [3.05, 3.63) is 23.2 Å². The molecule has 1 aliphatic rings. The Hall–Kier alpha value is -1.42. The lowest BCUT2D eigenvalue weighted by atomic mass is 10.2. The zero-order chi connectivity index (χ0) is 13.0. The zero-order valence-electron chi connectivity index (χ0n) is 10.3. The normalized spacial score (nSPS) is 15.4. The maximum Gasteiger partial charge on any atom is 0.319 e. The van der Waals surface area contributed by atoms with E-state index >= 15 is 0 Å². The first-order valence-electron chi connectivity index (χ1n) is 6.10. The first-order valence-corrected chi connectivity index (χ1v) is 6.48. The number of hydrogen-bond donors (Lipinski definition) is 2. The van der Waals surface area contributed by atoms with Gasteiger partial charge in [-0.25, -0.2) is 4.79 Å². The van der Waals surface area contributed by atoms with Crippen molar-refractivity contribution < 1.29 is 9.53 Å². The molecule has 0 aliphatic heterocycles. The van der Waals surface area contributed by atoms with Crippen molar-refractivity contribution in [2.45, 2.75) is 31.7 Å². The van der Waals surface area contributed by atoms with Crippen molar-refractivity contribution >= 4 is 23.3 Å². The Morgan fingerprint density at radius 3 is 2.78 bits per heavy atom. The molecule has 2 amide bonds. The van der Waals surface area contributed by atoms with Crippen molar-refractivity contribution in [3.8, 4) is 5.75 Å². The van der Waals surface area contributed by atoms with E-state index in [1.165, 1.54) is 12.8 Å². The van der Waals surface area contributed by atoms with Gasteiger partial charge in [0.2, 0.25) is 0 Å². The van der Waals surface area contributed by atoms with Gasteiger partial charge in [0.25, 0.3) is 0 Å². The Kier molecular flexibility index (Phi) is 4.31. The maximum atomic E-state index is 11.8. The lowest BCUT2D eigenvalue weighted by Crippen LogP contribution is -2.36. The highest BCUT2D eigenvalue weighted by atomic mass is 35.5. The highest BCUT2D eigenvalue weighted by Gasteiger charge is 2.17. The molecular weight excluding hydrogens is 252 g/mol. The largest absolute Gasteiger partial charge is 0.497 e. The molecule has 0 unspecified atom stereocenters. The van der Waals surface area contributed by atoms with Gasteiger partial charge in [-0.05, 0) is 25.0 Å². The van der Waals surface area contributed by atoms with Gasteiger partial charge >= 0.3 is 6.03 Å². The Morgan fingerprint density at radius 1 is 1.39 bits per heavy atom. The molecule has 0 heterocycles. The number of anilines is 1. The molecule has 1 saturated carbocycles. The molecule has 98 valence electrons. The summed E-state index contributed by atoms with van der Waals surface area (Å²) in [5.74, 6) is 0.663. The van der Waals surface area contributed by atoms with Crippen LogP contribution in [0.1, 0.15) is 25.7 Å². The topological polar surface area (TPSA) is 50.4 Å². The van der Waals surface area contributed by atoms with Crippen LogP contribution < -0.4 is 15.4 Å². The van der Waals surface area contributed by atoms with E-state index < -0.39 is 0 Å². The SMILES string of the molecule is COc1ccc(Cl)c(NC(=O)NC2CCCC2)c1. The Labute approximate surface area is 112 Å². The number of nitrogens with one attached hydrogen (secondary N) is 2. The minimum atomic E-state index is -0.211. The minimum Gasteiger partial charge on any atom is -0.497 e. The number of carbonyl (C=O) groups is 1. The van der Waals surface area contributed by atoms with E-state index in [4.69, 9.17) is 16.3 Å². The number of methoxy groups -OCH3 is 1. The standard InChI is InChI=1S/C13H17ClN2O2/c1-18-10-6-7-11(14)12(8-10)16-13(17)15-9-4-2-3-5-9/h6-9H,2-5H2,1H3,(H2,15,16,17). The number of rotatable bonds is 3. The van der Waals surface area contributed by atoms with E-state index in [-0.39, 0.29) is 12.1 Å². The van der Waals surface area contributed by atoms with E-state index in [0.717, 1.165) is 12.8 Å². The van der Waals surface area contributed by atoms with E-state index in [1.807, 2.05) is 0 Å². The Balaban J connectivity index is 1.97. The maximum absolute atomic E-state index is 11.8. The molecule has 0 saturated heterocycles. The van der Waals surface area contributed by atoms with Gasteiger partial charge in [-0.15, -0.1) is 0 Å². The molecule has 5 heteroatoms. The van der Waals surface area contributed by atoms with Gasteiger partial charge in [0.05, 0.1) is 17.8 Å². The van der Waals surface area contributed by atoms with Gasteiger partial charge in [0, 0.05) is 12.1 Å². The number of carbonyl (C=O) groups excluding carboxylic acids is 1. The lowest BCUT2D eigenvalue weighted by Gasteiger charge is -2.14. The number of urea groups is 1. The summed E-state index contributed by atoms with van der Waals surface area (Å²) < 4.78 is 5.09. The van der Waals surface area contributed by atoms with Crippen LogP contribution in [0.5, 0.6) is 5.75 Å². The van der Waals surface area contributed by atoms with Crippen LogP contribution in [-0.2, 0) is 0 Å². The summed E-state index contributed by atoms with van der Waals surface area (Å²) in [6.45, 7) is 0. The number of halogens is 1. The quantitative estimate of drug-likeness (QED) is 0.883. The van der Waals surface area contributed by atoms with Crippen molar-refractivity contribution in [1.29, 1.82) is 0 Å². The Morgan fingerprint density at radius 2 is 2.11 bits per heavy atom. The van der Waals surface area contributed by atoms with Gasteiger partial charge in [-0.2, -0.15) is 0 Å². The van der Waals surface area contributed by atoms with E-state index in [9.17, 15) is 4.79 Å². The van der Waals surface area contributed by atoms with Crippen LogP contribution in [0.4, 0.5) is 10.5 Å². The van der Waals surface area contributed by atoms with E-state index in [1.54, 1.807) is 25.3 Å². The molecule has 0 aromatic heterocycles. The third-order valence-corrected chi connectivity index (χ3v) is 3.44. The minimum absolute atomic E-state index is 0.211. The fourth-order valence-electron chi connectivity index (χ4n) is 2.14. The molecule has 0 spiro atoms. The second-order valence-electron chi connectivity index (χ2n) is 4.43. The van der Waals surface area contributed by atoms with Crippen LogP contribution in [0.3, 0.4) is 0 Å². The molecule has 4 nitrogen and oxygen atoms in total.